The zero-order chi connectivity index (χ0) is 20.1. The van der Waals surface area contributed by atoms with Crippen molar-refractivity contribution in [3.05, 3.63) is 35.9 Å². The molecule has 2 aliphatic heterocycles. The van der Waals surface area contributed by atoms with Crippen LogP contribution in [0.25, 0.3) is 0 Å². The van der Waals surface area contributed by atoms with Gasteiger partial charge in [-0.2, -0.15) is 0 Å². The molecule has 0 bridgehead atoms. The summed E-state index contributed by atoms with van der Waals surface area (Å²) in [4.78, 5) is 29.5. The Bertz CT molecular complexity index is 783. The van der Waals surface area contributed by atoms with E-state index in [1.54, 1.807) is 4.90 Å². The molecule has 2 atom stereocenters. The Morgan fingerprint density at radius 2 is 1.82 bits per heavy atom. The van der Waals surface area contributed by atoms with E-state index in [-0.39, 0.29) is 29.2 Å². The van der Waals surface area contributed by atoms with Gasteiger partial charge in [0.25, 0.3) is 0 Å². The summed E-state index contributed by atoms with van der Waals surface area (Å²) in [6.07, 6.45) is 1.58. The number of amides is 2. The van der Waals surface area contributed by atoms with Crippen molar-refractivity contribution < 1.29 is 18.0 Å². The summed E-state index contributed by atoms with van der Waals surface area (Å²) in [7, 11) is -3.03. The Balaban J connectivity index is 1.80. The maximum absolute atomic E-state index is 13.5. The molecule has 2 heterocycles. The van der Waals surface area contributed by atoms with E-state index >= 15 is 0 Å². The number of carbonyl (C=O) groups excluding carboxylic acids is 2. The molecule has 0 spiro atoms. The third-order valence-corrected chi connectivity index (χ3v) is 7.16. The van der Waals surface area contributed by atoms with Crippen molar-refractivity contribution in [3.8, 4) is 0 Å². The summed E-state index contributed by atoms with van der Waals surface area (Å²) < 4.78 is 23.7. The first-order chi connectivity index (χ1) is 13.4. The number of sulfone groups is 1. The third kappa shape index (κ3) is 4.91. The molecular formula is C20H29N3O4S. The van der Waals surface area contributed by atoms with Crippen molar-refractivity contribution in [1.29, 1.82) is 0 Å². The lowest BCUT2D eigenvalue weighted by Gasteiger charge is -2.39. The van der Waals surface area contributed by atoms with Gasteiger partial charge in [-0.05, 0) is 25.3 Å². The maximum atomic E-state index is 13.5. The van der Waals surface area contributed by atoms with Gasteiger partial charge in [0.2, 0.25) is 11.8 Å². The van der Waals surface area contributed by atoms with Crippen LogP contribution < -0.4 is 5.32 Å². The Morgan fingerprint density at radius 3 is 2.46 bits per heavy atom. The average molecular weight is 408 g/mol. The number of carbonyl (C=O) groups is 2. The van der Waals surface area contributed by atoms with Gasteiger partial charge in [-0.3, -0.25) is 14.5 Å². The number of nitrogens with one attached hydrogen (secondary N) is 1. The second kappa shape index (κ2) is 9.05. The Labute approximate surface area is 167 Å². The lowest BCUT2D eigenvalue weighted by molar-refractivity contribution is -0.140. The van der Waals surface area contributed by atoms with Crippen LogP contribution in [0, 0.1) is 5.92 Å². The van der Waals surface area contributed by atoms with Crippen molar-refractivity contribution in [2.45, 2.75) is 25.8 Å². The Kier molecular flexibility index (Phi) is 6.72. The molecule has 2 aliphatic rings. The Hall–Kier alpha value is -1.93. The van der Waals surface area contributed by atoms with E-state index in [0.717, 1.165) is 18.4 Å². The van der Waals surface area contributed by atoms with Gasteiger partial charge in [0.1, 0.15) is 6.04 Å². The number of benzene rings is 1. The topological polar surface area (TPSA) is 86.8 Å². The lowest BCUT2D eigenvalue weighted by atomic mass is 9.95. The minimum atomic E-state index is -3.03. The van der Waals surface area contributed by atoms with Crippen LogP contribution in [0.4, 0.5) is 0 Å². The minimum absolute atomic E-state index is 0.000303. The average Bonchev–Trinajstić information content (AvgIpc) is 2.70. The molecule has 2 fully saturated rings. The van der Waals surface area contributed by atoms with Gasteiger partial charge in [0.05, 0.1) is 17.4 Å². The van der Waals surface area contributed by atoms with E-state index in [9.17, 15) is 18.0 Å². The molecule has 7 nitrogen and oxygen atoms in total. The molecule has 28 heavy (non-hydrogen) atoms. The summed E-state index contributed by atoms with van der Waals surface area (Å²) in [6, 6.07) is 9.00. The van der Waals surface area contributed by atoms with E-state index in [1.807, 2.05) is 42.2 Å². The van der Waals surface area contributed by atoms with Crippen molar-refractivity contribution >= 4 is 21.7 Å². The van der Waals surface area contributed by atoms with Crippen molar-refractivity contribution in [3.63, 3.8) is 0 Å². The number of nitrogens with zero attached hydrogens (tertiary/aromatic N) is 2. The number of hydrogen-bond acceptors (Lipinski definition) is 5. The standard InChI is InChI=1S/C20H29N3O4S/c1-2-21-19(24)17-9-6-10-23(15-17)20(25)18(16-7-4-3-5-8-16)22-11-13-28(26,27)14-12-22/h3-5,7-8,17-18H,2,6,9-15H2,1H3,(H,21,24). The van der Waals surface area contributed by atoms with Gasteiger partial charge in [-0.25, -0.2) is 8.42 Å². The molecule has 8 heteroatoms. The first kappa shape index (κ1) is 20.8. The molecule has 2 saturated heterocycles. The molecule has 3 rings (SSSR count). The van der Waals surface area contributed by atoms with E-state index in [2.05, 4.69) is 5.32 Å². The van der Waals surface area contributed by atoms with Gasteiger partial charge < -0.3 is 10.2 Å². The number of piperidine rings is 1. The highest BCUT2D eigenvalue weighted by atomic mass is 32.2. The van der Waals surface area contributed by atoms with Crippen LogP contribution in [0.1, 0.15) is 31.4 Å². The van der Waals surface area contributed by atoms with Crippen LogP contribution in [0.5, 0.6) is 0 Å². The molecular weight excluding hydrogens is 378 g/mol. The zero-order valence-electron chi connectivity index (χ0n) is 16.3. The van der Waals surface area contributed by atoms with E-state index < -0.39 is 15.9 Å². The molecule has 0 radical (unpaired) electrons. The molecule has 1 aromatic rings. The lowest BCUT2D eigenvalue weighted by Crippen LogP contribution is -2.52. The van der Waals surface area contributed by atoms with E-state index in [0.29, 0.717) is 32.7 Å². The maximum Gasteiger partial charge on any atom is 0.244 e. The number of rotatable bonds is 5. The van der Waals surface area contributed by atoms with Gasteiger partial charge in [0, 0.05) is 32.7 Å². The number of likely N-dealkylation sites (tertiary alicyclic amines) is 1. The molecule has 1 N–H and O–H groups in total. The monoisotopic (exact) mass is 407 g/mol. The van der Waals surface area contributed by atoms with Gasteiger partial charge >= 0.3 is 0 Å². The first-order valence-electron chi connectivity index (χ1n) is 9.97. The highest BCUT2D eigenvalue weighted by molar-refractivity contribution is 7.91. The minimum Gasteiger partial charge on any atom is -0.356 e. The fourth-order valence-electron chi connectivity index (χ4n) is 4.01. The zero-order valence-corrected chi connectivity index (χ0v) is 17.2. The van der Waals surface area contributed by atoms with Crippen LogP contribution in [0.3, 0.4) is 0 Å². The van der Waals surface area contributed by atoms with E-state index in [1.165, 1.54) is 0 Å². The highest BCUT2D eigenvalue weighted by Crippen LogP contribution is 2.27. The second-order valence-electron chi connectivity index (χ2n) is 7.52. The molecule has 154 valence electrons. The molecule has 0 aromatic heterocycles. The quantitative estimate of drug-likeness (QED) is 0.781. The van der Waals surface area contributed by atoms with Crippen LogP contribution in [0.2, 0.25) is 0 Å². The summed E-state index contributed by atoms with van der Waals surface area (Å²) in [5, 5.41) is 2.85. The molecule has 0 saturated carbocycles. The van der Waals surface area contributed by atoms with Crippen LogP contribution in [0.15, 0.2) is 30.3 Å². The van der Waals surface area contributed by atoms with Crippen LogP contribution in [-0.2, 0) is 19.4 Å². The van der Waals surface area contributed by atoms with Crippen molar-refractivity contribution in [1.82, 2.24) is 15.1 Å². The van der Waals surface area contributed by atoms with Crippen molar-refractivity contribution in [2.75, 3.05) is 44.2 Å². The van der Waals surface area contributed by atoms with Crippen LogP contribution in [-0.4, -0.2) is 74.3 Å². The fourth-order valence-corrected chi connectivity index (χ4v) is 5.24. The predicted octanol–water partition coefficient (Wildman–Crippen LogP) is 0.833. The van der Waals surface area contributed by atoms with Crippen LogP contribution >= 0.6 is 0 Å². The summed E-state index contributed by atoms with van der Waals surface area (Å²) >= 11 is 0. The summed E-state index contributed by atoms with van der Waals surface area (Å²) in [6.45, 7) is 4.21. The molecule has 1 aromatic carbocycles. The van der Waals surface area contributed by atoms with Gasteiger partial charge in [-0.1, -0.05) is 30.3 Å². The number of hydrogen-bond donors (Lipinski definition) is 1. The molecule has 0 aliphatic carbocycles. The van der Waals surface area contributed by atoms with Crippen molar-refractivity contribution in [2.24, 2.45) is 5.92 Å². The molecule has 2 unspecified atom stereocenters. The smallest absolute Gasteiger partial charge is 0.244 e. The SMILES string of the molecule is CCNC(=O)C1CCCN(C(=O)C(c2ccccc2)N2CCS(=O)(=O)CC2)C1. The highest BCUT2D eigenvalue weighted by Gasteiger charge is 2.37. The predicted molar refractivity (Wildman–Crippen MR) is 107 cm³/mol. The fraction of sp³-hybridized carbons (Fsp3) is 0.600. The van der Waals surface area contributed by atoms with Gasteiger partial charge in [-0.15, -0.1) is 0 Å². The summed E-state index contributed by atoms with van der Waals surface area (Å²) in [5.74, 6) is -0.0772. The second-order valence-corrected chi connectivity index (χ2v) is 9.82. The summed E-state index contributed by atoms with van der Waals surface area (Å²) in [5.41, 5.74) is 0.868. The van der Waals surface area contributed by atoms with E-state index in [4.69, 9.17) is 0 Å². The molecule has 2 amide bonds. The third-order valence-electron chi connectivity index (χ3n) is 5.55. The Morgan fingerprint density at radius 1 is 1.14 bits per heavy atom. The van der Waals surface area contributed by atoms with Gasteiger partial charge in [0.15, 0.2) is 9.84 Å². The first-order valence-corrected chi connectivity index (χ1v) is 11.8. The normalized spacial score (nSPS) is 23.8. The largest absolute Gasteiger partial charge is 0.356 e.